The lowest BCUT2D eigenvalue weighted by Gasteiger charge is -2.37. The number of benzene rings is 1. The van der Waals surface area contributed by atoms with Crippen molar-refractivity contribution in [3.8, 4) is 0 Å². The molecule has 0 unspecified atom stereocenters. The van der Waals surface area contributed by atoms with Gasteiger partial charge in [0.25, 0.3) is 5.82 Å². The topological polar surface area (TPSA) is 59.8 Å². The van der Waals surface area contributed by atoms with E-state index in [-0.39, 0.29) is 29.6 Å². The van der Waals surface area contributed by atoms with Crippen LogP contribution in [0.1, 0.15) is 30.8 Å². The molecule has 0 saturated carbocycles. The van der Waals surface area contributed by atoms with Crippen LogP contribution >= 0.6 is 0 Å². The predicted octanol–water partition coefficient (Wildman–Crippen LogP) is 3.70. The first-order chi connectivity index (χ1) is 12.6. The number of allylic oxidation sites excluding steroid dienone is 2. The lowest BCUT2D eigenvalue weighted by atomic mass is 9.78. The number of ketones is 1. The number of carbonyl (C=O) groups is 1. The van der Waals surface area contributed by atoms with Gasteiger partial charge >= 0.3 is 6.18 Å². The van der Waals surface area contributed by atoms with Crippen molar-refractivity contribution in [2.75, 3.05) is 5.32 Å². The molecular weight excluding hydrogens is 371 g/mol. The van der Waals surface area contributed by atoms with Gasteiger partial charge in [0, 0.05) is 18.2 Å². The minimum Gasteiger partial charge on any atom is -0.328 e. The molecule has 1 aromatic carbocycles. The molecule has 2 aromatic rings. The molecule has 1 aliphatic carbocycles. The summed E-state index contributed by atoms with van der Waals surface area (Å²) in [7, 11) is 0. The zero-order valence-corrected chi connectivity index (χ0v) is 13.9. The zero-order valence-electron chi connectivity index (χ0n) is 13.9. The van der Waals surface area contributed by atoms with Crippen LogP contribution in [-0.4, -0.2) is 20.5 Å². The number of alkyl halides is 3. The molecule has 0 amide bonds. The number of hydrogen-bond acceptors (Lipinski definition) is 4. The quantitative estimate of drug-likeness (QED) is 0.762. The molecule has 4 rings (SSSR count). The van der Waals surface area contributed by atoms with Crippen LogP contribution in [0, 0.1) is 23.5 Å². The maximum Gasteiger partial charge on any atom is 0.453 e. The Morgan fingerprint density at radius 3 is 2.48 bits per heavy atom. The monoisotopic (exact) mass is 384 g/mol. The zero-order chi connectivity index (χ0) is 19.5. The van der Waals surface area contributed by atoms with E-state index in [1.807, 2.05) is 0 Å². The van der Waals surface area contributed by atoms with Crippen molar-refractivity contribution in [1.82, 2.24) is 14.8 Å². The van der Waals surface area contributed by atoms with Crippen LogP contribution in [0.2, 0.25) is 0 Å². The minimum absolute atomic E-state index is 0.00711. The highest BCUT2D eigenvalue weighted by molar-refractivity contribution is 5.87. The third-order valence-corrected chi connectivity index (χ3v) is 4.62. The van der Waals surface area contributed by atoms with Crippen LogP contribution in [-0.2, 0) is 11.0 Å². The van der Waals surface area contributed by atoms with Crippen LogP contribution in [0.25, 0.3) is 0 Å². The minimum atomic E-state index is -4.80. The summed E-state index contributed by atoms with van der Waals surface area (Å²) >= 11 is 0. The fraction of sp³-hybridized carbons (Fsp3) is 0.353. The fourth-order valence-corrected chi connectivity index (χ4v) is 3.62. The average molecular weight is 384 g/mol. The van der Waals surface area contributed by atoms with E-state index in [2.05, 4.69) is 15.4 Å². The SMILES string of the molecule is C[C@H]1C=C2Nc3nc(C(F)(F)F)nn3[C@@H](c3cc(F)cc(F)c3)[C@@H]2C(=O)C1. The maximum atomic E-state index is 13.8. The van der Waals surface area contributed by atoms with E-state index in [0.717, 1.165) is 16.8 Å². The van der Waals surface area contributed by atoms with Gasteiger partial charge in [-0.05, 0) is 23.6 Å². The largest absolute Gasteiger partial charge is 0.453 e. The number of fused-ring (bicyclic) bond motifs is 2. The highest BCUT2D eigenvalue weighted by atomic mass is 19.4. The normalized spacial score (nSPS) is 24.7. The van der Waals surface area contributed by atoms with E-state index in [4.69, 9.17) is 0 Å². The summed E-state index contributed by atoms with van der Waals surface area (Å²) in [6.45, 7) is 1.79. The molecule has 3 atom stereocenters. The first-order valence-electron chi connectivity index (χ1n) is 8.14. The number of carbonyl (C=O) groups excluding carboxylic acids is 1. The van der Waals surface area contributed by atoms with E-state index in [0.29, 0.717) is 11.8 Å². The van der Waals surface area contributed by atoms with Crippen molar-refractivity contribution >= 4 is 11.7 Å². The summed E-state index contributed by atoms with van der Waals surface area (Å²) in [6, 6.07) is 1.48. The van der Waals surface area contributed by atoms with Crippen LogP contribution in [0.5, 0.6) is 0 Å². The van der Waals surface area contributed by atoms with Gasteiger partial charge in [-0.25, -0.2) is 13.5 Å². The molecule has 0 saturated heterocycles. The van der Waals surface area contributed by atoms with Gasteiger partial charge in [-0.15, -0.1) is 5.10 Å². The summed E-state index contributed by atoms with van der Waals surface area (Å²) < 4.78 is 67.6. The second kappa shape index (κ2) is 5.86. The molecule has 1 N–H and O–H groups in total. The van der Waals surface area contributed by atoms with E-state index < -0.39 is 35.6 Å². The molecule has 0 radical (unpaired) electrons. The van der Waals surface area contributed by atoms with Gasteiger partial charge in [-0.2, -0.15) is 18.2 Å². The maximum absolute atomic E-state index is 13.8. The Labute approximate surface area is 149 Å². The van der Waals surface area contributed by atoms with Gasteiger partial charge < -0.3 is 5.32 Å². The van der Waals surface area contributed by atoms with Crippen LogP contribution in [0.15, 0.2) is 30.0 Å². The molecule has 2 heterocycles. The van der Waals surface area contributed by atoms with Gasteiger partial charge in [0.2, 0.25) is 5.95 Å². The van der Waals surface area contributed by atoms with Gasteiger partial charge in [-0.3, -0.25) is 4.79 Å². The van der Waals surface area contributed by atoms with Crippen molar-refractivity contribution in [3.05, 3.63) is 53.0 Å². The van der Waals surface area contributed by atoms with E-state index in [1.54, 1.807) is 13.0 Å². The first-order valence-corrected chi connectivity index (χ1v) is 8.14. The lowest BCUT2D eigenvalue weighted by Crippen LogP contribution is -2.40. The van der Waals surface area contributed by atoms with Gasteiger partial charge in [0.15, 0.2) is 0 Å². The Bertz CT molecular complexity index is 944. The number of halogens is 5. The number of Topliss-reactive ketones (excluding diaryl/α,β-unsaturated/α-hetero) is 1. The van der Waals surface area contributed by atoms with Crippen molar-refractivity contribution in [1.29, 1.82) is 0 Å². The van der Waals surface area contributed by atoms with Crippen LogP contribution < -0.4 is 5.32 Å². The molecule has 10 heteroatoms. The summed E-state index contributed by atoms with van der Waals surface area (Å²) in [4.78, 5) is 16.1. The summed E-state index contributed by atoms with van der Waals surface area (Å²) in [5, 5.41) is 6.20. The Hall–Kier alpha value is -2.78. The molecule has 2 aliphatic rings. The smallest absolute Gasteiger partial charge is 0.328 e. The second-order valence-electron chi connectivity index (χ2n) is 6.72. The van der Waals surface area contributed by atoms with Gasteiger partial charge in [0.1, 0.15) is 17.4 Å². The Morgan fingerprint density at radius 1 is 1.19 bits per heavy atom. The van der Waals surface area contributed by atoms with Gasteiger partial charge in [0.05, 0.1) is 12.0 Å². The number of rotatable bonds is 1. The second-order valence-corrected chi connectivity index (χ2v) is 6.72. The summed E-state index contributed by atoms with van der Waals surface area (Å²) in [5.74, 6) is -4.74. The number of aromatic nitrogens is 3. The molecule has 0 spiro atoms. The average Bonchev–Trinajstić information content (AvgIpc) is 2.95. The van der Waals surface area contributed by atoms with Crippen molar-refractivity contribution in [3.63, 3.8) is 0 Å². The molecule has 142 valence electrons. The molecule has 1 aliphatic heterocycles. The molecule has 1 aromatic heterocycles. The third kappa shape index (κ3) is 2.98. The summed E-state index contributed by atoms with van der Waals surface area (Å²) in [6.07, 6.45) is -2.92. The van der Waals surface area contributed by atoms with Crippen molar-refractivity contribution in [2.24, 2.45) is 11.8 Å². The molecular formula is C17H13F5N4O. The van der Waals surface area contributed by atoms with E-state index in [9.17, 15) is 26.7 Å². The number of nitrogens with zero attached hydrogens (tertiary/aromatic N) is 3. The summed E-state index contributed by atoms with van der Waals surface area (Å²) in [5.41, 5.74) is 0.370. The Balaban J connectivity index is 1.94. The van der Waals surface area contributed by atoms with E-state index >= 15 is 0 Å². The van der Waals surface area contributed by atoms with Gasteiger partial charge in [-0.1, -0.05) is 13.0 Å². The fourth-order valence-electron chi connectivity index (χ4n) is 3.62. The number of hydrogen-bond donors (Lipinski definition) is 1. The Kier molecular flexibility index (Phi) is 3.83. The number of nitrogens with one attached hydrogen (secondary N) is 1. The highest BCUT2D eigenvalue weighted by Crippen LogP contribution is 2.43. The third-order valence-electron chi connectivity index (χ3n) is 4.62. The van der Waals surface area contributed by atoms with Crippen molar-refractivity contribution < 1.29 is 26.7 Å². The van der Waals surface area contributed by atoms with Crippen molar-refractivity contribution in [2.45, 2.75) is 25.6 Å². The predicted molar refractivity (Wildman–Crippen MR) is 83.5 cm³/mol. The molecule has 0 fully saturated rings. The highest BCUT2D eigenvalue weighted by Gasteiger charge is 2.45. The molecule has 5 nitrogen and oxygen atoms in total. The van der Waals surface area contributed by atoms with E-state index in [1.165, 1.54) is 0 Å². The van der Waals surface area contributed by atoms with Crippen LogP contribution in [0.3, 0.4) is 0 Å². The lowest BCUT2D eigenvalue weighted by molar-refractivity contribution is -0.145. The molecule has 27 heavy (non-hydrogen) atoms. The first kappa shape index (κ1) is 17.6. The van der Waals surface area contributed by atoms with Crippen LogP contribution in [0.4, 0.5) is 27.9 Å². The Morgan fingerprint density at radius 2 is 1.85 bits per heavy atom. The standard InChI is InChI=1S/C17H13F5N4O/c1-7-2-11-13(12(27)3-7)14(8-4-9(18)6-10(19)5-8)26-16(23-11)24-15(25-26)17(20,21)22/h2,4-7,13-14H,3H2,1H3,(H,23,24,25)/t7-,13-,14-/m0/s1. The number of anilines is 1. The molecule has 0 bridgehead atoms.